The van der Waals surface area contributed by atoms with E-state index in [1.165, 1.54) is 0 Å². The fourth-order valence-electron chi connectivity index (χ4n) is 3.96. The Bertz CT molecular complexity index is 808. The number of morpholine rings is 1. The standard InChI is InChI=1S/C21H27N5O2/c1-16-19(21(27)26-9-11-28-12-10-26)13-23-20(24-16)17-5-4-8-25(14-17)15-18-6-2-3-7-22-18/h2-3,6-7,13,17H,4-5,8-12,14-15H2,1H3/t17-/m1/s1. The van der Waals surface area contributed by atoms with Gasteiger partial charge in [0.1, 0.15) is 5.82 Å². The first-order valence-corrected chi connectivity index (χ1v) is 10.0. The number of piperidine rings is 1. The molecule has 7 heteroatoms. The van der Waals surface area contributed by atoms with Gasteiger partial charge in [-0.1, -0.05) is 6.07 Å². The molecule has 148 valence electrons. The maximum absolute atomic E-state index is 12.7. The number of hydrogen-bond donors (Lipinski definition) is 0. The van der Waals surface area contributed by atoms with E-state index in [1.54, 1.807) is 6.20 Å². The van der Waals surface area contributed by atoms with Gasteiger partial charge in [0.05, 0.1) is 30.2 Å². The highest BCUT2D eigenvalue weighted by Crippen LogP contribution is 2.26. The van der Waals surface area contributed by atoms with Crippen LogP contribution in [-0.2, 0) is 11.3 Å². The third-order valence-electron chi connectivity index (χ3n) is 5.51. The molecule has 2 aliphatic rings. The molecule has 2 aromatic heterocycles. The Balaban J connectivity index is 1.43. The number of hydrogen-bond acceptors (Lipinski definition) is 6. The highest BCUT2D eigenvalue weighted by molar-refractivity contribution is 5.95. The van der Waals surface area contributed by atoms with Gasteiger partial charge >= 0.3 is 0 Å². The van der Waals surface area contributed by atoms with E-state index in [1.807, 2.05) is 30.2 Å². The summed E-state index contributed by atoms with van der Waals surface area (Å²) in [6, 6.07) is 6.04. The van der Waals surface area contributed by atoms with Crippen LogP contribution < -0.4 is 0 Å². The molecule has 1 amide bonds. The van der Waals surface area contributed by atoms with Crippen LogP contribution in [0, 0.1) is 6.92 Å². The lowest BCUT2D eigenvalue weighted by Gasteiger charge is -2.32. The molecule has 28 heavy (non-hydrogen) atoms. The molecule has 0 saturated carbocycles. The number of nitrogens with zero attached hydrogens (tertiary/aromatic N) is 5. The van der Waals surface area contributed by atoms with Crippen LogP contribution in [-0.4, -0.2) is 70.1 Å². The molecule has 4 rings (SSSR count). The zero-order valence-corrected chi connectivity index (χ0v) is 16.4. The van der Waals surface area contributed by atoms with Crippen molar-refractivity contribution >= 4 is 5.91 Å². The Hall–Kier alpha value is -2.38. The number of likely N-dealkylation sites (tertiary alicyclic amines) is 1. The van der Waals surface area contributed by atoms with Crippen LogP contribution >= 0.6 is 0 Å². The summed E-state index contributed by atoms with van der Waals surface area (Å²) < 4.78 is 5.33. The van der Waals surface area contributed by atoms with Crippen LogP contribution in [0.5, 0.6) is 0 Å². The summed E-state index contributed by atoms with van der Waals surface area (Å²) in [6.45, 7) is 7.20. The topological polar surface area (TPSA) is 71.5 Å². The van der Waals surface area contributed by atoms with Crippen LogP contribution in [0.3, 0.4) is 0 Å². The Morgan fingerprint density at radius 2 is 2.07 bits per heavy atom. The predicted octanol–water partition coefficient (Wildman–Crippen LogP) is 2.03. The van der Waals surface area contributed by atoms with Crippen LogP contribution in [0.25, 0.3) is 0 Å². The number of carbonyl (C=O) groups is 1. The molecule has 0 spiro atoms. The molecule has 0 unspecified atom stereocenters. The molecule has 7 nitrogen and oxygen atoms in total. The second-order valence-electron chi connectivity index (χ2n) is 7.53. The van der Waals surface area contributed by atoms with Crippen LogP contribution in [0.15, 0.2) is 30.6 Å². The fourth-order valence-corrected chi connectivity index (χ4v) is 3.96. The number of aryl methyl sites for hydroxylation is 1. The molecule has 2 aromatic rings. The lowest BCUT2D eigenvalue weighted by molar-refractivity contribution is 0.0301. The normalized spacial score (nSPS) is 20.9. The molecule has 0 aliphatic carbocycles. The molecule has 2 fully saturated rings. The van der Waals surface area contributed by atoms with E-state index in [2.05, 4.69) is 20.9 Å². The van der Waals surface area contributed by atoms with Gasteiger partial charge in [0.15, 0.2) is 0 Å². The number of ether oxygens (including phenoxy) is 1. The summed E-state index contributed by atoms with van der Waals surface area (Å²) >= 11 is 0. The van der Waals surface area contributed by atoms with E-state index in [-0.39, 0.29) is 5.91 Å². The average molecular weight is 381 g/mol. The zero-order valence-electron chi connectivity index (χ0n) is 16.4. The predicted molar refractivity (Wildman–Crippen MR) is 105 cm³/mol. The van der Waals surface area contributed by atoms with Crippen LogP contribution in [0.2, 0.25) is 0 Å². The monoisotopic (exact) mass is 381 g/mol. The second-order valence-corrected chi connectivity index (χ2v) is 7.53. The molecule has 1 atom stereocenters. The van der Waals surface area contributed by atoms with Gasteiger partial charge in [0.2, 0.25) is 0 Å². The average Bonchev–Trinajstić information content (AvgIpc) is 2.75. The summed E-state index contributed by atoms with van der Waals surface area (Å²) in [6.07, 6.45) is 5.75. The van der Waals surface area contributed by atoms with Gasteiger partial charge in [0.25, 0.3) is 5.91 Å². The van der Waals surface area contributed by atoms with Crippen LogP contribution in [0.1, 0.15) is 46.3 Å². The molecule has 4 heterocycles. The molecule has 2 aliphatic heterocycles. The molecule has 0 aromatic carbocycles. The summed E-state index contributed by atoms with van der Waals surface area (Å²) in [5.41, 5.74) is 2.46. The number of amides is 1. The van der Waals surface area contributed by atoms with Crippen molar-refractivity contribution in [2.24, 2.45) is 0 Å². The minimum atomic E-state index is 0.00720. The Kier molecular flexibility index (Phi) is 5.92. The van der Waals surface area contributed by atoms with E-state index >= 15 is 0 Å². The maximum atomic E-state index is 12.7. The van der Waals surface area contributed by atoms with Crippen LogP contribution in [0.4, 0.5) is 0 Å². The SMILES string of the molecule is Cc1nc([C@@H]2CCCN(Cc3ccccn3)C2)ncc1C(=O)N1CCOCC1. The largest absolute Gasteiger partial charge is 0.378 e. The first kappa shape index (κ1) is 19.0. The van der Waals surface area contributed by atoms with Crippen molar-refractivity contribution in [2.45, 2.75) is 32.2 Å². The van der Waals surface area contributed by atoms with Crippen molar-refractivity contribution in [3.8, 4) is 0 Å². The molecule has 0 bridgehead atoms. The third-order valence-corrected chi connectivity index (χ3v) is 5.51. The van der Waals surface area contributed by atoms with Gasteiger partial charge in [0, 0.05) is 44.5 Å². The fraction of sp³-hybridized carbons (Fsp3) is 0.524. The van der Waals surface area contributed by atoms with Gasteiger partial charge in [-0.2, -0.15) is 0 Å². The number of rotatable bonds is 4. The molecular weight excluding hydrogens is 354 g/mol. The number of pyridine rings is 1. The van der Waals surface area contributed by atoms with E-state index in [9.17, 15) is 4.79 Å². The van der Waals surface area contributed by atoms with Gasteiger partial charge in [-0.15, -0.1) is 0 Å². The van der Waals surface area contributed by atoms with Crippen molar-refractivity contribution in [3.63, 3.8) is 0 Å². The quantitative estimate of drug-likeness (QED) is 0.807. The van der Waals surface area contributed by atoms with Crippen molar-refractivity contribution in [1.29, 1.82) is 0 Å². The van der Waals surface area contributed by atoms with Crippen molar-refractivity contribution in [3.05, 3.63) is 53.4 Å². The van der Waals surface area contributed by atoms with Gasteiger partial charge in [-0.25, -0.2) is 9.97 Å². The zero-order chi connectivity index (χ0) is 19.3. The second kappa shape index (κ2) is 8.75. The molecular formula is C21H27N5O2. The minimum Gasteiger partial charge on any atom is -0.378 e. The van der Waals surface area contributed by atoms with E-state index in [0.29, 0.717) is 37.8 Å². The summed E-state index contributed by atoms with van der Waals surface area (Å²) in [4.78, 5) is 30.7. The van der Waals surface area contributed by atoms with Gasteiger partial charge < -0.3 is 9.64 Å². The molecule has 0 N–H and O–H groups in total. The number of aromatic nitrogens is 3. The van der Waals surface area contributed by atoms with Gasteiger partial charge in [-0.05, 0) is 38.4 Å². The van der Waals surface area contributed by atoms with E-state index < -0.39 is 0 Å². The maximum Gasteiger partial charge on any atom is 0.257 e. The lowest BCUT2D eigenvalue weighted by atomic mass is 9.96. The van der Waals surface area contributed by atoms with Crippen molar-refractivity contribution in [2.75, 3.05) is 39.4 Å². The Labute approximate surface area is 165 Å². The smallest absolute Gasteiger partial charge is 0.257 e. The molecule has 2 saturated heterocycles. The number of carbonyl (C=O) groups excluding carboxylic acids is 1. The minimum absolute atomic E-state index is 0.00720. The van der Waals surface area contributed by atoms with Crippen molar-refractivity contribution in [1.82, 2.24) is 24.8 Å². The summed E-state index contributed by atoms with van der Waals surface area (Å²) in [5, 5.41) is 0. The molecule has 0 radical (unpaired) electrons. The van der Waals surface area contributed by atoms with E-state index in [0.717, 1.165) is 49.7 Å². The highest BCUT2D eigenvalue weighted by atomic mass is 16.5. The van der Waals surface area contributed by atoms with Gasteiger partial charge in [-0.3, -0.25) is 14.7 Å². The highest BCUT2D eigenvalue weighted by Gasteiger charge is 2.26. The summed E-state index contributed by atoms with van der Waals surface area (Å²) in [5.74, 6) is 1.15. The Morgan fingerprint density at radius 1 is 1.21 bits per heavy atom. The summed E-state index contributed by atoms with van der Waals surface area (Å²) in [7, 11) is 0. The first-order chi connectivity index (χ1) is 13.7. The van der Waals surface area contributed by atoms with Crippen molar-refractivity contribution < 1.29 is 9.53 Å². The third kappa shape index (κ3) is 4.36. The lowest BCUT2D eigenvalue weighted by Crippen LogP contribution is -2.41. The first-order valence-electron chi connectivity index (χ1n) is 10.0. The Morgan fingerprint density at radius 3 is 2.82 bits per heavy atom. The van der Waals surface area contributed by atoms with E-state index in [4.69, 9.17) is 9.72 Å².